The predicted octanol–water partition coefficient (Wildman–Crippen LogP) is 1.43. The van der Waals surface area contributed by atoms with E-state index in [1.807, 2.05) is 5.32 Å². The molecule has 0 aromatic heterocycles. The van der Waals surface area contributed by atoms with Crippen LogP contribution in [0.15, 0.2) is 35.5 Å². The number of ether oxygens (including phenoxy) is 1. The van der Waals surface area contributed by atoms with Crippen molar-refractivity contribution < 1.29 is 36.7 Å². The van der Waals surface area contributed by atoms with Crippen LogP contribution in [0.25, 0.3) is 0 Å². The topological polar surface area (TPSA) is 84.5 Å². The number of rotatable bonds is 3. The van der Waals surface area contributed by atoms with E-state index in [1.54, 1.807) is 0 Å². The number of amides is 2. The Morgan fingerprint density at radius 3 is 2.36 bits per heavy atom. The zero-order valence-electron chi connectivity index (χ0n) is 13.0. The first-order valence-corrected chi connectivity index (χ1v) is 6.81. The maximum absolute atomic E-state index is 13.8. The minimum absolute atomic E-state index is 0.428. The lowest BCUT2D eigenvalue weighted by Crippen LogP contribution is -2.66. The van der Waals surface area contributed by atoms with Crippen LogP contribution in [0.1, 0.15) is 17.3 Å². The van der Waals surface area contributed by atoms with Gasteiger partial charge < -0.3 is 15.4 Å². The molecule has 0 spiro atoms. The maximum Gasteiger partial charge on any atom is 0.425 e. The van der Waals surface area contributed by atoms with Crippen LogP contribution in [0.2, 0.25) is 0 Å². The molecule has 0 saturated carbocycles. The van der Waals surface area contributed by atoms with Crippen LogP contribution in [0.3, 0.4) is 0 Å². The molecule has 2 amide bonds. The molecule has 1 heterocycles. The number of halogens is 4. The zero-order valence-corrected chi connectivity index (χ0v) is 13.0. The normalized spacial score (nSPS) is 20.3. The zero-order chi connectivity index (χ0) is 19.0. The first kappa shape index (κ1) is 18.4. The average molecular weight is 360 g/mol. The minimum Gasteiger partial charge on any atom is -0.466 e. The van der Waals surface area contributed by atoms with Crippen LogP contribution in [0.4, 0.5) is 17.6 Å². The van der Waals surface area contributed by atoms with Crippen LogP contribution in [0, 0.1) is 5.82 Å². The highest BCUT2D eigenvalue weighted by Gasteiger charge is 2.69. The van der Waals surface area contributed by atoms with Gasteiger partial charge in [-0.3, -0.25) is 9.59 Å². The largest absolute Gasteiger partial charge is 0.466 e. The molecule has 0 radical (unpaired) electrons. The minimum atomic E-state index is -5.39. The highest BCUT2D eigenvalue weighted by Crippen LogP contribution is 2.41. The Bertz CT molecular complexity index is 788. The Hall–Kier alpha value is -2.91. The van der Waals surface area contributed by atoms with Gasteiger partial charge >= 0.3 is 12.1 Å². The van der Waals surface area contributed by atoms with Crippen LogP contribution in [-0.4, -0.2) is 36.6 Å². The van der Waals surface area contributed by atoms with Gasteiger partial charge in [0.1, 0.15) is 11.4 Å². The smallest absolute Gasteiger partial charge is 0.425 e. The summed E-state index contributed by atoms with van der Waals surface area (Å²) in [7, 11) is 0.825. The van der Waals surface area contributed by atoms with E-state index in [0.717, 1.165) is 26.2 Å². The van der Waals surface area contributed by atoms with Gasteiger partial charge in [-0.2, -0.15) is 13.2 Å². The molecule has 25 heavy (non-hydrogen) atoms. The quantitative estimate of drug-likeness (QED) is 0.631. The van der Waals surface area contributed by atoms with E-state index in [1.165, 1.54) is 17.4 Å². The van der Waals surface area contributed by atoms with E-state index in [4.69, 9.17) is 0 Å². The number of hydrogen-bond donors (Lipinski definition) is 2. The first-order chi connectivity index (χ1) is 11.6. The Labute approximate surface area is 138 Å². The molecular formula is C15H12F4N2O4. The molecule has 1 aliphatic heterocycles. The molecule has 0 unspecified atom stereocenters. The van der Waals surface area contributed by atoms with Crippen molar-refractivity contribution in [2.75, 3.05) is 7.11 Å². The molecule has 0 aliphatic carbocycles. The van der Waals surface area contributed by atoms with Crippen molar-refractivity contribution in [2.45, 2.75) is 18.6 Å². The summed E-state index contributed by atoms with van der Waals surface area (Å²) in [6.45, 7) is 1.05. The van der Waals surface area contributed by atoms with Gasteiger partial charge in [0.05, 0.1) is 12.7 Å². The van der Waals surface area contributed by atoms with Crippen molar-refractivity contribution >= 4 is 17.8 Å². The molecule has 1 aromatic carbocycles. The number of carbonyl (C=O) groups excluding carboxylic acids is 3. The monoisotopic (exact) mass is 360 g/mol. The van der Waals surface area contributed by atoms with Crippen LogP contribution in [-0.2, 0) is 14.3 Å². The number of carbonyl (C=O) groups is 3. The lowest BCUT2D eigenvalue weighted by atomic mass is 9.88. The van der Waals surface area contributed by atoms with Crippen molar-refractivity contribution in [2.24, 2.45) is 0 Å². The van der Waals surface area contributed by atoms with Gasteiger partial charge in [0.15, 0.2) is 0 Å². The number of nitrogens with one attached hydrogen (secondary N) is 2. The number of hydrogen-bond acceptors (Lipinski definition) is 4. The summed E-state index contributed by atoms with van der Waals surface area (Å²) in [5, 5.41) is 3.32. The Morgan fingerprint density at radius 1 is 1.24 bits per heavy atom. The van der Waals surface area contributed by atoms with Gasteiger partial charge in [0, 0.05) is 5.70 Å². The fourth-order valence-corrected chi connectivity index (χ4v) is 2.47. The van der Waals surface area contributed by atoms with Gasteiger partial charge in [-0.25, -0.2) is 9.18 Å². The summed E-state index contributed by atoms with van der Waals surface area (Å²) >= 11 is 0. The summed E-state index contributed by atoms with van der Waals surface area (Å²) in [6, 6.07) is 4.27. The van der Waals surface area contributed by atoms with Gasteiger partial charge in [-0.1, -0.05) is 12.1 Å². The van der Waals surface area contributed by atoms with E-state index in [0.29, 0.717) is 0 Å². The van der Waals surface area contributed by atoms with Crippen molar-refractivity contribution in [1.82, 2.24) is 10.6 Å². The van der Waals surface area contributed by atoms with E-state index < -0.39 is 52.1 Å². The van der Waals surface area contributed by atoms with E-state index >= 15 is 0 Å². The third-order valence-corrected chi connectivity index (χ3v) is 3.63. The molecule has 1 aromatic rings. The molecule has 2 rings (SSSR count). The van der Waals surface area contributed by atoms with Gasteiger partial charge in [-0.05, 0) is 19.1 Å². The highest BCUT2D eigenvalue weighted by molar-refractivity contribution is 6.11. The lowest BCUT2D eigenvalue weighted by Gasteiger charge is -2.31. The second-order valence-electron chi connectivity index (χ2n) is 5.13. The molecule has 0 saturated heterocycles. The second-order valence-corrected chi connectivity index (χ2v) is 5.13. The standard InChI is InChI=1S/C15H12F4N2O4/c1-7-10(12(23)25-2)14(13(24)20-7,15(17,18)19)21-11(22)8-5-3-4-6-9(8)16/h3-6H,1-2H3,(H,20,24)(H,21,22)/t14-/m1/s1. The fraction of sp³-hybridized carbons (Fsp3) is 0.267. The fourth-order valence-electron chi connectivity index (χ4n) is 2.47. The Kier molecular flexibility index (Phi) is 4.56. The van der Waals surface area contributed by atoms with Crippen LogP contribution >= 0.6 is 0 Å². The van der Waals surface area contributed by atoms with Crippen molar-refractivity contribution in [3.05, 3.63) is 46.9 Å². The van der Waals surface area contributed by atoms with Crippen LogP contribution < -0.4 is 10.6 Å². The molecule has 0 fully saturated rings. The Balaban J connectivity index is 2.60. The summed E-state index contributed by atoms with van der Waals surface area (Å²) in [5.41, 5.74) is -5.95. The molecule has 1 aliphatic rings. The highest BCUT2D eigenvalue weighted by atomic mass is 19.4. The third-order valence-electron chi connectivity index (χ3n) is 3.63. The summed E-state index contributed by atoms with van der Waals surface area (Å²) in [4.78, 5) is 36.0. The Morgan fingerprint density at radius 2 is 1.84 bits per heavy atom. The summed E-state index contributed by atoms with van der Waals surface area (Å²) in [5.74, 6) is -5.75. The molecule has 1 atom stereocenters. The molecule has 10 heteroatoms. The van der Waals surface area contributed by atoms with Gasteiger partial charge in [0.25, 0.3) is 11.8 Å². The number of benzene rings is 1. The average Bonchev–Trinajstić information content (AvgIpc) is 2.77. The van der Waals surface area contributed by atoms with Gasteiger partial charge in [0.2, 0.25) is 5.54 Å². The molecule has 6 nitrogen and oxygen atoms in total. The molecule has 2 N–H and O–H groups in total. The van der Waals surface area contributed by atoms with E-state index in [9.17, 15) is 31.9 Å². The maximum atomic E-state index is 13.8. The molecule has 134 valence electrons. The summed E-state index contributed by atoms with van der Waals surface area (Å²) < 4.78 is 59.2. The second kappa shape index (κ2) is 6.19. The van der Waals surface area contributed by atoms with Crippen molar-refractivity contribution in [1.29, 1.82) is 0 Å². The van der Waals surface area contributed by atoms with Crippen molar-refractivity contribution in [3.8, 4) is 0 Å². The molecular weight excluding hydrogens is 348 g/mol. The van der Waals surface area contributed by atoms with Gasteiger partial charge in [-0.15, -0.1) is 0 Å². The number of esters is 1. The number of alkyl halides is 3. The SMILES string of the molecule is COC(=O)C1=C(C)NC(=O)[C@@]1(NC(=O)c1ccccc1F)C(F)(F)F. The number of allylic oxidation sites excluding steroid dienone is 1. The predicted molar refractivity (Wildman–Crippen MR) is 75.5 cm³/mol. The van der Waals surface area contributed by atoms with Crippen molar-refractivity contribution in [3.63, 3.8) is 0 Å². The van der Waals surface area contributed by atoms with E-state index in [-0.39, 0.29) is 0 Å². The van der Waals surface area contributed by atoms with Crippen LogP contribution in [0.5, 0.6) is 0 Å². The first-order valence-electron chi connectivity index (χ1n) is 6.81. The third kappa shape index (κ3) is 2.83. The summed E-state index contributed by atoms with van der Waals surface area (Å²) in [6.07, 6.45) is -5.39. The molecule has 0 bridgehead atoms. The number of methoxy groups -OCH3 is 1. The van der Waals surface area contributed by atoms with E-state index in [2.05, 4.69) is 4.74 Å². The lowest BCUT2D eigenvalue weighted by molar-refractivity contribution is -0.188.